The van der Waals surface area contributed by atoms with Gasteiger partial charge < -0.3 is 9.47 Å². The molecular formula is C20H21N3O2. The highest BCUT2D eigenvalue weighted by Gasteiger charge is 2.13. The van der Waals surface area contributed by atoms with Gasteiger partial charge in [-0.3, -0.25) is 4.90 Å². The van der Waals surface area contributed by atoms with E-state index in [4.69, 9.17) is 9.47 Å². The van der Waals surface area contributed by atoms with Gasteiger partial charge in [-0.2, -0.15) is 5.10 Å². The van der Waals surface area contributed by atoms with Crippen molar-refractivity contribution in [1.29, 1.82) is 0 Å². The fraction of sp³-hybridized carbons (Fsp3) is 0.250. The zero-order valence-corrected chi connectivity index (χ0v) is 14.0. The van der Waals surface area contributed by atoms with Gasteiger partial charge in [-0.25, -0.2) is 4.68 Å². The van der Waals surface area contributed by atoms with Gasteiger partial charge >= 0.3 is 0 Å². The lowest BCUT2D eigenvalue weighted by molar-refractivity contribution is 0.0339. The minimum absolute atomic E-state index is 0.803. The number of hydrogen-bond donors (Lipinski definition) is 0. The molecule has 5 heteroatoms. The molecule has 0 radical (unpaired) electrons. The number of morpholine rings is 1. The van der Waals surface area contributed by atoms with E-state index in [9.17, 15) is 0 Å². The Morgan fingerprint density at radius 1 is 0.960 bits per heavy atom. The Balaban J connectivity index is 1.48. The highest BCUT2D eigenvalue weighted by molar-refractivity contribution is 5.41. The summed E-state index contributed by atoms with van der Waals surface area (Å²) >= 11 is 0. The lowest BCUT2D eigenvalue weighted by Crippen LogP contribution is -2.35. The maximum absolute atomic E-state index is 6.14. The number of rotatable bonds is 5. The van der Waals surface area contributed by atoms with Crippen LogP contribution in [0.5, 0.6) is 11.5 Å². The summed E-state index contributed by atoms with van der Waals surface area (Å²) in [6.07, 6.45) is 3.69. The molecule has 1 aliphatic rings. The van der Waals surface area contributed by atoms with Gasteiger partial charge in [-0.05, 0) is 36.4 Å². The summed E-state index contributed by atoms with van der Waals surface area (Å²) in [6.45, 7) is 4.42. The molecule has 3 aromatic rings. The summed E-state index contributed by atoms with van der Waals surface area (Å²) in [5, 5.41) is 4.24. The standard InChI is InChI=1S/C20H21N3O2/c1-2-5-20(17(4-1)16-22-12-14-24-15-13-22)25-19-8-6-18(7-9-19)23-11-3-10-21-23/h1-11H,12-16H2. The van der Waals surface area contributed by atoms with Crippen molar-refractivity contribution in [2.75, 3.05) is 26.3 Å². The maximum atomic E-state index is 6.14. The van der Waals surface area contributed by atoms with Crippen LogP contribution in [0.3, 0.4) is 0 Å². The predicted octanol–water partition coefficient (Wildman–Crippen LogP) is 3.50. The molecule has 0 N–H and O–H groups in total. The van der Waals surface area contributed by atoms with Crippen molar-refractivity contribution >= 4 is 0 Å². The first kappa shape index (κ1) is 15.9. The van der Waals surface area contributed by atoms with Crippen molar-refractivity contribution in [1.82, 2.24) is 14.7 Å². The molecule has 0 spiro atoms. The Morgan fingerprint density at radius 2 is 1.76 bits per heavy atom. The number of hydrogen-bond acceptors (Lipinski definition) is 4. The topological polar surface area (TPSA) is 39.5 Å². The average Bonchev–Trinajstić information content (AvgIpc) is 3.20. The van der Waals surface area contributed by atoms with Crippen molar-refractivity contribution in [2.45, 2.75) is 6.54 Å². The molecule has 1 fully saturated rings. The third-order valence-electron chi connectivity index (χ3n) is 4.30. The molecule has 1 aromatic heterocycles. The summed E-state index contributed by atoms with van der Waals surface area (Å²) in [5.74, 6) is 1.73. The van der Waals surface area contributed by atoms with Crippen molar-refractivity contribution < 1.29 is 9.47 Å². The molecule has 0 amide bonds. The van der Waals surface area contributed by atoms with Crippen molar-refractivity contribution in [3.05, 3.63) is 72.6 Å². The minimum atomic E-state index is 0.803. The second-order valence-electron chi connectivity index (χ2n) is 6.04. The Bertz CT molecular complexity index is 794. The Hall–Kier alpha value is -2.63. The molecule has 0 bridgehead atoms. The molecule has 25 heavy (non-hydrogen) atoms. The second kappa shape index (κ2) is 7.51. The van der Waals surface area contributed by atoms with Crippen LogP contribution in [0.4, 0.5) is 0 Å². The summed E-state index contributed by atoms with van der Waals surface area (Å²) in [6, 6.07) is 18.1. The lowest BCUT2D eigenvalue weighted by atomic mass is 10.2. The Kier molecular flexibility index (Phi) is 4.77. The predicted molar refractivity (Wildman–Crippen MR) is 96.2 cm³/mol. The average molecular weight is 335 g/mol. The van der Waals surface area contributed by atoms with Crippen LogP contribution in [0, 0.1) is 0 Å². The normalized spacial score (nSPS) is 15.2. The molecule has 2 aromatic carbocycles. The quantitative estimate of drug-likeness (QED) is 0.715. The summed E-state index contributed by atoms with van der Waals surface area (Å²) in [4.78, 5) is 2.40. The highest BCUT2D eigenvalue weighted by Crippen LogP contribution is 2.27. The molecule has 1 saturated heterocycles. The molecule has 2 heterocycles. The summed E-state index contributed by atoms with van der Waals surface area (Å²) < 4.78 is 13.4. The van der Waals surface area contributed by atoms with Crippen LogP contribution in [0.1, 0.15) is 5.56 Å². The van der Waals surface area contributed by atoms with Crippen LogP contribution < -0.4 is 4.74 Å². The van der Waals surface area contributed by atoms with E-state index in [1.165, 1.54) is 5.56 Å². The van der Waals surface area contributed by atoms with Gasteiger partial charge in [0.25, 0.3) is 0 Å². The van der Waals surface area contributed by atoms with Crippen LogP contribution in [0.25, 0.3) is 5.69 Å². The van der Waals surface area contributed by atoms with Crippen molar-refractivity contribution in [2.24, 2.45) is 0 Å². The van der Waals surface area contributed by atoms with E-state index in [1.54, 1.807) is 6.20 Å². The molecule has 0 aliphatic carbocycles. The Labute approximate surface area is 147 Å². The van der Waals surface area contributed by atoms with E-state index in [0.29, 0.717) is 0 Å². The van der Waals surface area contributed by atoms with Gasteiger partial charge in [0.05, 0.1) is 18.9 Å². The number of ether oxygens (including phenoxy) is 2. The van der Waals surface area contributed by atoms with Crippen LogP contribution in [0.15, 0.2) is 67.0 Å². The van der Waals surface area contributed by atoms with E-state index in [0.717, 1.165) is 50.0 Å². The SMILES string of the molecule is c1ccc(Oc2ccc(-n3cccn3)cc2)c(CN2CCOCC2)c1. The van der Waals surface area contributed by atoms with Crippen LogP contribution in [-0.4, -0.2) is 41.0 Å². The number of benzene rings is 2. The maximum Gasteiger partial charge on any atom is 0.131 e. The number of nitrogens with zero attached hydrogens (tertiary/aromatic N) is 3. The zero-order chi connectivity index (χ0) is 16.9. The van der Waals surface area contributed by atoms with E-state index >= 15 is 0 Å². The Morgan fingerprint density at radius 3 is 2.52 bits per heavy atom. The number of aromatic nitrogens is 2. The first-order chi connectivity index (χ1) is 12.4. The smallest absolute Gasteiger partial charge is 0.131 e. The van der Waals surface area contributed by atoms with Gasteiger partial charge in [-0.1, -0.05) is 18.2 Å². The van der Waals surface area contributed by atoms with E-state index < -0.39 is 0 Å². The molecular weight excluding hydrogens is 314 g/mol. The third-order valence-corrected chi connectivity index (χ3v) is 4.30. The molecule has 4 rings (SSSR count). The first-order valence-electron chi connectivity index (χ1n) is 8.54. The summed E-state index contributed by atoms with van der Waals surface area (Å²) in [5.41, 5.74) is 2.21. The van der Waals surface area contributed by atoms with Gasteiger partial charge in [-0.15, -0.1) is 0 Å². The number of para-hydroxylation sites is 1. The molecule has 0 saturated carbocycles. The van der Waals surface area contributed by atoms with Crippen molar-refractivity contribution in [3.63, 3.8) is 0 Å². The zero-order valence-electron chi connectivity index (χ0n) is 14.0. The lowest BCUT2D eigenvalue weighted by Gasteiger charge is -2.27. The molecule has 0 atom stereocenters. The van der Waals surface area contributed by atoms with E-state index in [-0.39, 0.29) is 0 Å². The van der Waals surface area contributed by atoms with Gasteiger partial charge in [0, 0.05) is 37.6 Å². The monoisotopic (exact) mass is 335 g/mol. The van der Waals surface area contributed by atoms with Crippen LogP contribution in [-0.2, 0) is 11.3 Å². The van der Waals surface area contributed by atoms with Gasteiger partial charge in [0.1, 0.15) is 11.5 Å². The van der Waals surface area contributed by atoms with Crippen LogP contribution in [0.2, 0.25) is 0 Å². The highest BCUT2D eigenvalue weighted by atomic mass is 16.5. The second-order valence-corrected chi connectivity index (χ2v) is 6.04. The van der Waals surface area contributed by atoms with Crippen molar-refractivity contribution in [3.8, 4) is 17.2 Å². The largest absolute Gasteiger partial charge is 0.457 e. The van der Waals surface area contributed by atoms with Gasteiger partial charge in [0.2, 0.25) is 0 Å². The fourth-order valence-electron chi connectivity index (χ4n) is 2.95. The van der Waals surface area contributed by atoms with Gasteiger partial charge in [0.15, 0.2) is 0 Å². The summed E-state index contributed by atoms with van der Waals surface area (Å²) in [7, 11) is 0. The van der Waals surface area contributed by atoms with Crippen LogP contribution >= 0.6 is 0 Å². The minimum Gasteiger partial charge on any atom is -0.457 e. The van der Waals surface area contributed by atoms with E-state index in [2.05, 4.69) is 22.1 Å². The first-order valence-corrected chi connectivity index (χ1v) is 8.54. The molecule has 5 nitrogen and oxygen atoms in total. The fourth-order valence-corrected chi connectivity index (χ4v) is 2.95. The molecule has 1 aliphatic heterocycles. The van der Waals surface area contributed by atoms with E-state index in [1.807, 2.05) is 53.3 Å². The third kappa shape index (κ3) is 3.90. The molecule has 128 valence electrons. The molecule has 0 unspecified atom stereocenters.